The second-order valence-corrected chi connectivity index (χ2v) is 7.93. The average Bonchev–Trinajstić information content (AvgIpc) is 3.56. The van der Waals surface area contributed by atoms with Crippen molar-refractivity contribution in [3.05, 3.63) is 18.5 Å². The number of piperazine rings is 1. The average molecular weight is 421 g/mol. The lowest BCUT2D eigenvalue weighted by atomic mass is 10.1. The number of nitrogens with two attached hydrogens (primary N) is 1. The number of hydrogen-bond donors (Lipinski definition) is 2. The van der Waals surface area contributed by atoms with Crippen LogP contribution in [-0.2, 0) is 4.74 Å². The van der Waals surface area contributed by atoms with Crippen molar-refractivity contribution in [1.29, 1.82) is 0 Å². The summed E-state index contributed by atoms with van der Waals surface area (Å²) >= 11 is 1.21. The molecule has 1 aromatic heterocycles. The van der Waals surface area contributed by atoms with Crippen LogP contribution in [0.25, 0.3) is 10.9 Å². The number of nitrogens with zero attached hydrogens (tertiary/aromatic N) is 4. The molecule has 4 rings (SSSR count). The number of nitrogens with one attached hydrogen (secondary N) is 1. The van der Waals surface area contributed by atoms with Gasteiger partial charge in [-0.05, 0) is 18.9 Å². The van der Waals surface area contributed by atoms with Crippen molar-refractivity contribution in [3.8, 4) is 11.5 Å². The van der Waals surface area contributed by atoms with E-state index in [-0.39, 0.29) is 12.3 Å². The molecule has 0 unspecified atom stereocenters. The van der Waals surface area contributed by atoms with E-state index in [4.69, 9.17) is 19.3 Å². The topological polar surface area (TPSA) is 98.0 Å². The summed E-state index contributed by atoms with van der Waals surface area (Å²) in [7, 11) is 3.21. The minimum absolute atomic E-state index is 0.154. The van der Waals surface area contributed by atoms with Gasteiger partial charge in [0, 0.05) is 69.0 Å². The van der Waals surface area contributed by atoms with Gasteiger partial charge in [0.05, 0.1) is 12.6 Å². The molecule has 0 spiro atoms. The van der Waals surface area contributed by atoms with Crippen LogP contribution in [0.5, 0.6) is 11.5 Å². The Hall–Kier alpha value is -1.85. The zero-order chi connectivity index (χ0) is 20.3. The molecule has 1 saturated heterocycles. The molecule has 1 aliphatic carbocycles. The monoisotopic (exact) mass is 420 g/mol. The number of anilines is 1. The standard InChI is InChI=1S/C19H28N6O3S/c1-26-13-28-17-9-14-15(10-16(17)27-2)21-12-22-18(14)24-5-7-25(8-6-24)19(3-4-19)11-23-29-20/h9-10,12,23H,3-8,11,13,20H2,1-2H3. The van der Waals surface area contributed by atoms with Crippen molar-refractivity contribution in [1.82, 2.24) is 19.6 Å². The highest BCUT2D eigenvalue weighted by Gasteiger charge is 2.48. The van der Waals surface area contributed by atoms with Crippen molar-refractivity contribution < 1.29 is 14.2 Å². The molecule has 158 valence electrons. The Morgan fingerprint density at radius 2 is 1.93 bits per heavy atom. The number of hydrogen-bond acceptors (Lipinski definition) is 10. The Morgan fingerprint density at radius 3 is 2.59 bits per heavy atom. The summed E-state index contributed by atoms with van der Waals surface area (Å²) in [4.78, 5) is 13.9. The minimum atomic E-state index is 0.154. The molecular formula is C19H28N6O3S. The largest absolute Gasteiger partial charge is 0.493 e. The van der Waals surface area contributed by atoms with Crippen LogP contribution in [0.3, 0.4) is 0 Å². The van der Waals surface area contributed by atoms with Gasteiger partial charge in [0.2, 0.25) is 0 Å². The number of methoxy groups -OCH3 is 2. The number of benzene rings is 1. The highest BCUT2D eigenvalue weighted by atomic mass is 32.2. The van der Waals surface area contributed by atoms with Gasteiger partial charge in [-0.25, -0.2) is 14.7 Å². The Balaban J connectivity index is 1.53. The van der Waals surface area contributed by atoms with Gasteiger partial charge >= 0.3 is 0 Å². The molecule has 1 aromatic carbocycles. The number of aromatic nitrogens is 2. The summed E-state index contributed by atoms with van der Waals surface area (Å²) in [5.74, 6) is 2.18. The van der Waals surface area contributed by atoms with Crippen molar-refractivity contribution in [2.75, 3.05) is 58.6 Å². The van der Waals surface area contributed by atoms with Crippen molar-refractivity contribution in [2.45, 2.75) is 18.4 Å². The van der Waals surface area contributed by atoms with Crippen LogP contribution < -0.4 is 24.2 Å². The second kappa shape index (κ2) is 8.88. The molecule has 0 radical (unpaired) electrons. The molecule has 2 aliphatic rings. The van der Waals surface area contributed by atoms with E-state index in [1.165, 1.54) is 25.0 Å². The SMILES string of the molecule is COCOc1cc2c(N3CCN(C4(CNSN)CC4)CC3)ncnc2cc1OC. The Labute approximate surface area is 175 Å². The molecule has 0 atom stereocenters. The summed E-state index contributed by atoms with van der Waals surface area (Å²) in [6.45, 7) is 4.94. The normalized spacial score (nSPS) is 18.8. The fourth-order valence-electron chi connectivity index (χ4n) is 4.01. The van der Waals surface area contributed by atoms with Crippen molar-refractivity contribution in [3.63, 3.8) is 0 Å². The van der Waals surface area contributed by atoms with Gasteiger partial charge in [-0.15, -0.1) is 0 Å². The molecule has 2 fully saturated rings. The zero-order valence-corrected chi connectivity index (χ0v) is 17.7. The second-order valence-electron chi connectivity index (χ2n) is 7.41. The van der Waals surface area contributed by atoms with Crippen LogP contribution in [-0.4, -0.2) is 74.1 Å². The summed E-state index contributed by atoms with van der Waals surface area (Å²) in [5.41, 5.74) is 1.11. The van der Waals surface area contributed by atoms with Crippen LogP contribution in [0.15, 0.2) is 18.5 Å². The third-order valence-electron chi connectivity index (χ3n) is 5.79. The predicted octanol–water partition coefficient (Wildman–Crippen LogP) is 1.39. The highest BCUT2D eigenvalue weighted by molar-refractivity contribution is 7.95. The highest BCUT2D eigenvalue weighted by Crippen LogP contribution is 2.42. The Kier molecular flexibility index (Phi) is 6.26. The molecule has 10 heteroatoms. The van der Waals surface area contributed by atoms with Gasteiger partial charge in [-0.2, -0.15) is 0 Å². The van der Waals surface area contributed by atoms with Gasteiger partial charge in [0.25, 0.3) is 0 Å². The minimum Gasteiger partial charge on any atom is -0.493 e. The van der Waals surface area contributed by atoms with E-state index < -0.39 is 0 Å². The molecular weight excluding hydrogens is 392 g/mol. The lowest BCUT2D eigenvalue weighted by molar-refractivity contribution is 0.0493. The fourth-order valence-corrected chi connectivity index (χ4v) is 4.37. The first-order valence-electron chi connectivity index (χ1n) is 9.74. The van der Waals surface area contributed by atoms with E-state index in [2.05, 4.69) is 24.5 Å². The summed E-state index contributed by atoms with van der Waals surface area (Å²) in [6.07, 6.45) is 4.08. The molecule has 3 N–H and O–H groups in total. The predicted molar refractivity (Wildman–Crippen MR) is 114 cm³/mol. The first kappa shape index (κ1) is 20.4. The summed E-state index contributed by atoms with van der Waals surface area (Å²) < 4.78 is 19.4. The molecule has 1 aliphatic heterocycles. The van der Waals surface area contributed by atoms with E-state index in [0.717, 1.165) is 49.4 Å². The molecule has 9 nitrogen and oxygen atoms in total. The first-order valence-corrected chi connectivity index (χ1v) is 10.6. The molecule has 2 aromatic rings. The van der Waals surface area contributed by atoms with Crippen LogP contribution in [0.1, 0.15) is 12.8 Å². The van der Waals surface area contributed by atoms with Gasteiger partial charge in [0.15, 0.2) is 18.3 Å². The quantitative estimate of drug-likeness (QED) is 0.457. The fraction of sp³-hybridized carbons (Fsp3) is 0.579. The molecule has 1 saturated carbocycles. The smallest absolute Gasteiger partial charge is 0.188 e. The molecule has 2 heterocycles. The molecule has 0 amide bonds. The molecule has 29 heavy (non-hydrogen) atoms. The first-order chi connectivity index (χ1) is 14.2. The maximum Gasteiger partial charge on any atom is 0.188 e. The number of ether oxygens (including phenoxy) is 3. The maximum atomic E-state index is 5.69. The van der Waals surface area contributed by atoms with Gasteiger partial charge in [-0.3, -0.25) is 10.0 Å². The van der Waals surface area contributed by atoms with Crippen molar-refractivity contribution in [2.24, 2.45) is 5.14 Å². The Morgan fingerprint density at radius 1 is 1.14 bits per heavy atom. The van der Waals surface area contributed by atoms with E-state index in [1.807, 2.05) is 12.1 Å². The third kappa shape index (κ3) is 4.22. The van der Waals surface area contributed by atoms with Gasteiger partial charge in [0.1, 0.15) is 12.1 Å². The maximum absolute atomic E-state index is 5.69. The van der Waals surface area contributed by atoms with Crippen LogP contribution in [0, 0.1) is 0 Å². The Bertz CT molecular complexity index is 842. The summed E-state index contributed by atoms with van der Waals surface area (Å²) in [5, 5.41) is 6.50. The van der Waals surface area contributed by atoms with E-state index in [1.54, 1.807) is 20.5 Å². The van der Waals surface area contributed by atoms with E-state index in [0.29, 0.717) is 11.5 Å². The van der Waals surface area contributed by atoms with Crippen LogP contribution >= 0.6 is 12.1 Å². The zero-order valence-electron chi connectivity index (χ0n) is 16.9. The van der Waals surface area contributed by atoms with E-state index in [9.17, 15) is 0 Å². The lowest BCUT2D eigenvalue weighted by Crippen LogP contribution is -2.54. The lowest BCUT2D eigenvalue weighted by Gasteiger charge is -2.40. The van der Waals surface area contributed by atoms with Crippen LogP contribution in [0.4, 0.5) is 5.82 Å². The third-order valence-corrected chi connectivity index (χ3v) is 6.10. The van der Waals surface area contributed by atoms with Gasteiger partial charge in [-0.1, -0.05) is 0 Å². The summed E-state index contributed by atoms with van der Waals surface area (Å²) in [6, 6.07) is 3.83. The van der Waals surface area contributed by atoms with Gasteiger partial charge < -0.3 is 19.1 Å². The van der Waals surface area contributed by atoms with Crippen molar-refractivity contribution >= 4 is 28.9 Å². The number of rotatable bonds is 9. The van der Waals surface area contributed by atoms with E-state index >= 15 is 0 Å². The van der Waals surface area contributed by atoms with Crippen LogP contribution in [0.2, 0.25) is 0 Å². The number of fused-ring (bicyclic) bond motifs is 1. The molecule has 0 bridgehead atoms.